The maximum absolute atomic E-state index is 7.53. The van der Waals surface area contributed by atoms with E-state index in [4.69, 9.17) is 15.7 Å². The highest BCUT2D eigenvalue weighted by Gasteiger charge is 2.04. The fraction of sp³-hybridized carbons (Fsp3) is 0.214. The zero-order chi connectivity index (χ0) is 13.7. The van der Waals surface area contributed by atoms with Crippen molar-refractivity contribution >= 4 is 16.7 Å². The van der Waals surface area contributed by atoms with Gasteiger partial charge in [-0.3, -0.25) is 5.41 Å². The second-order valence-corrected chi connectivity index (χ2v) is 4.13. The molecule has 0 amide bonds. The van der Waals surface area contributed by atoms with Crippen molar-refractivity contribution < 1.29 is 4.74 Å². The molecule has 1 heterocycles. The topological polar surface area (TPSA) is 74.2 Å². The van der Waals surface area contributed by atoms with E-state index < -0.39 is 0 Å². The smallest absolute Gasteiger partial charge is 0.173 e. The molecule has 0 aliphatic carbocycles. The molecule has 2 rings (SSSR count). The van der Waals surface area contributed by atoms with Crippen molar-refractivity contribution in [1.29, 1.82) is 10.9 Å². The maximum atomic E-state index is 7.53. The first kappa shape index (κ1) is 13.2. The molecule has 0 unspecified atom stereocenters. The molecule has 0 aliphatic heterocycles. The van der Waals surface area contributed by atoms with Crippen molar-refractivity contribution in [3.63, 3.8) is 0 Å². The zero-order valence-corrected chi connectivity index (χ0v) is 10.8. The molecule has 0 spiro atoms. The number of amidine groups is 1. The summed E-state index contributed by atoms with van der Waals surface area (Å²) in [5.74, 6) is -0.0189. The SMILES string of the molecule is COC/C=C/Cn1ccc2cc(C(=N)N=N)ccc21. The predicted octanol–water partition coefficient (Wildman–Crippen LogP) is 3.20. The van der Waals surface area contributed by atoms with E-state index in [2.05, 4.69) is 15.8 Å². The van der Waals surface area contributed by atoms with Crippen LogP contribution < -0.4 is 0 Å². The van der Waals surface area contributed by atoms with Gasteiger partial charge in [-0.25, -0.2) is 5.53 Å². The van der Waals surface area contributed by atoms with Gasteiger partial charge >= 0.3 is 0 Å². The molecular weight excluding hydrogens is 240 g/mol. The van der Waals surface area contributed by atoms with E-state index >= 15 is 0 Å². The largest absolute Gasteiger partial charge is 0.381 e. The molecule has 0 radical (unpaired) electrons. The lowest BCUT2D eigenvalue weighted by Gasteiger charge is -2.02. The lowest BCUT2D eigenvalue weighted by atomic mass is 10.1. The standard InChI is InChI=1S/C14H16N4O/c1-19-9-3-2-7-18-8-6-11-10-12(14(15)17-16)4-5-13(11)18/h2-6,8,10,15-16H,7,9H2,1H3/b3-2+,15-14?,17-16?. The van der Waals surface area contributed by atoms with Gasteiger partial charge in [-0.1, -0.05) is 12.2 Å². The minimum Gasteiger partial charge on any atom is -0.381 e. The fourth-order valence-electron chi connectivity index (χ4n) is 1.92. The molecule has 1 aromatic carbocycles. The monoisotopic (exact) mass is 256 g/mol. The molecule has 19 heavy (non-hydrogen) atoms. The van der Waals surface area contributed by atoms with Crippen LogP contribution in [-0.4, -0.2) is 24.1 Å². The van der Waals surface area contributed by atoms with Crippen LogP contribution in [0.1, 0.15) is 5.56 Å². The van der Waals surface area contributed by atoms with Crippen LogP contribution in [-0.2, 0) is 11.3 Å². The first-order valence-corrected chi connectivity index (χ1v) is 5.95. The van der Waals surface area contributed by atoms with E-state index in [0.717, 1.165) is 17.4 Å². The number of fused-ring (bicyclic) bond motifs is 1. The first-order chi connectivity index (χ1) is 9.26. The molecule has 2 aromatic rings. The van der Waals surface area contributed by atoms with E-state index in [1.165, 1.54) is 0 Å². The number of hydrogen-bond donors (Lipinski definition) is 2. The molecule has 5 nitrogen and oxygen atoms in total. The third kappa shape index (κ3) is 2.95. The zero-order valence-electron chi connectivity index (χ0n) is 10.8. The lowest BCUT2D eigenvalue weighted by molar-refractivity contribution is 0.233. The Bertz CT molecular complexity index is 627. The molecule has 0 atom stereocenters. The third-order valence-electron chi connectivity index (χ3n) is 2.89. The molecule has 0 bridgehead atoms. The van der Waals surface area contributed by atoms with Gasteiger partial charge in [-0.05, 0) is 24.3 Å². The van der Waals surface area contributed by atoms with Crippen LogP contribution in [0, 0.1) is 10.9 Å². The van der Waals surface area contributed by atoms with E-state index in [0.29, 0.717) is 12.2 Å². The highest BCUT2D eigenvalue weighted by molar-refractivity contribution is 5.99. The summed E-state index contributed by atoms with van der Waals surface area (Å²) in [4.78, 5) is 0. The summed E-state index contributed by atoms with van der Waals surface area (Å²) in [5.41, 5.74) is 8.63. The van der Waals surface area contributed by atoms with Gasteiger partial charge in [0.05, 0.1) is 6.61 Å². The number of methoxy groups -OCH3 is 1. The Morgan fingerprint density at radius 1 is 1.37 bits per heavy atom. The Balaban J connectivity index is 2.24. The van der Waals surface area contributed by atoms with Crippen LogP contribution in [0.3, 0.4) is 0 Å². The quantitative estimate of drug-likeness (QED) is 0.366. The van der Waals surface area contributed by atoms with E-state index in [9.17, 15) is 0 Å². The average Bonchev–Trinajstić information content (AvgIpc) is 2.85. The summed E-state index contributed by atoms with van der Waals surface area (Å²) in [6.45, 7) is 1.40. The lowest BCUT2D eigenvalue weighted by Crippen LogP contribution is -1.95. The van der Waals surface area contributed by atoms with Crippen molar-refractivity contribution in [3.8, 4) is 0 Å². The van der Waals surface area contributed by atoms with Crippen molar-refractivity contribution in [2.45, 2.75) is 6.54 Å². The van der Waals surface area contributed by atoms with E-state index in [1.807, 2.05) is 36.5 Å². The third-order valence-corrected chi connectivity index (χ3v) is 2.89. The molecule has 0 aliphatic rings. The van der Waals surface area contributed by atoms with E-state index in [1.54, 1.807) is 7.11 Å². The minimum absolute atomic E-state index is 0.0189. The number of nitrogens with zero attached hydrogens (tertiary/aromatic N) is 2. The summed E-state index contributed by atoms with van der Waals surface area (Å²) in [6.07, 6.45) is 6.04. The van der Waals surface area contributed by atoms with Crippen molar-refractivity contribution in [2.24, 2.45) is 5.11 Å². The Morgan fingerprint density at radius 2 is 2.21 bits per heavy atom. The molecule has 0 saturated heterocycles. The first-order valence-electron chi connectivity index (χ1n) is 5.95. The summed E-state index contributed by atoms with van der Waals surface area (Å²) < 4.78 is 7.07. The van der Waals surface area contributed by atoms with Crippen molar-refractivity contribution in [3.05, 3.63) is 48.2 Å². The van der Waals surface area contributed by atoms with Gasteiger partial charge in [0.15, 0.2) is 5.84 Å². The van der Waals surface area contributed by atoms with Crippen LogP contribution in [0.4, 0.5) is 0 Å². The van der Waals surface area contributed by atoms with Crippen LogP contribution in [0.5, 0.6) is 0 Å². The fourth-order valence-corrected chi connectivity index (χ4v) is 1.92. The number of allylic oxidation sites excluding steroid dienone is 1. The van der Waals surface area contributed by atoms with Gasteiger partial charge in [-0.2, -0.15) is 0 Å². The number of nitrogens with one attached hydrogen (secondary N) is 2. The molecule has 98 valence electrons. The highest BCUT2D eigenvalue weighted by atomic mass is 16.5. The highest BCUT2D eigenvalue weighted by Crippen LogP contribution is 2.18. The summed E-state index contributed by atoms with van der Waals surface area (Å²) in [7, 11) is 1.67. The Kier molecular flexibility index (Phi) is 4.20. The second kappa shape index (κ2) is 6.06. The average molecular weight is 256 g/mol. The second-order valence-electron chi connectivity index (χ2n) is 4.13. The van der Waals surface area contributed by atoms with Crippen molar-refractivity contribution in [2.75, 3.05) is 13.7 Å². The molecule has 0 fully saturated rings. The molecule has 0 saturated carbocycles. The molecule has 1 aromatic heterocycles. The minimum atomic E-state index is -0.0189. The number of hydrogen-bond acceptors (Lipinski definition) is 3. The Morgan fingerprint density at radius 3 is 2.95 bits per heavy atom. The van der Waals surface area contributed by atoms with Gasteiger partial charge in [0.2, 0.25) is 0 Å². The normalized spacial score (nSPS) is 11.2. The number of ether oxygens (including phenoxy) is 1. The molecule has 2 N–H and O–H groups in total. The van der Waals surface area contributed by atoms with Gasteiger partial charge in [0.1, 0.15) is 0 Å². The number of aromatic nitrogens is 1. The number of rotatable bonds is 5. The molecule has 5 heteroatoms. The van der Waals surface area contributed by atoms with Crippen LogP contribution in [0.25, 0.3) is 10.9 Å². The molecular formula is C14H16N4O. The van der Waals surface area contributed by atoms with Gasteiger partial charge < -0.3 is 9.30 Å². The van der Waals surface area contributed by atoms with Gasteiger partial charge in [0, 0.05) is 36.3 Å². The van der Waals surface area contributed by atoms with Crippen molar-refractivity contribution in [1.82, 2.24) is 4.57 Å². The summed E-state index contributed by atoms with van der Waals surface area (Å²) >= 11 is 0. The Labute approximate surface area is 111 Å². The van der Waals surface area contributed by atoms with Gasteiger partial charge in [-0.15, -0.1) is 5.11 Å². The summed E-state index contributed by atoms with van der Waals surface area (Å²) in [5, 5.41) is 11.7. The van der Waals surface area contributed by atoms with Crippen LogP contribution in [0.15, 0.2) is 47.7 Å². The maximum Gasteiger partial charge on any atom is 0.173 e. The predicted molar refractivity (Wildman–Crippen MR) is 74.9 cm³/mol. The summed E-state index contributed by atoms with van der Waals surface area (Å²) in [6, 6.07) is 7.65. The number of benzene rings is 1. The van der Waals surface area contributed by atoms with E-state index in [-0.39, 0.29) is 5.84 Å². The van der Waals surface area contributed by atoms with Crippen LogP contribution >= 0.6 is 0 Å². The van der Waals surface area contributed by atoms with Gasteiger partial charge in [0.25, 0.3) is 0 Å². The van der Waals surface area contributed by atoms with Crippen LogP contribution in [0.2, 0.25) is 0 Å². The Hall–Kier alpha value is -2.27.